The maximum atomic E-state index is 2.63. The van der Waals surface area contributed by atoms with Crippen LogP contribution in [0.1, 0.15) is 116 Å². The molecular formula is C116H102N4. The van der Waals surface area contributed by atoms with Crippen molar-refractivity contribution in [3.05, 3.63) is 397 Å². The van der Waals surface area contributed by atoms with Gasteiger partial charge in [0.1, 0.15) is 0 Å². The molecule has 18 aromatic rings. The van der Waals surface area contributed by atoms with Crippen LogP contribution in [0.15, 0.2) is 364 Å². The lowest BCUT2D eigenvalue weighted by molar-refractivity contribution is 0.0962. The Kier molecular flexibility index (Phi) is 17.7. The third-order valence-electron chi connectivity index (χ3n) is 27.0. The van der Waals surface area contributed by atoms with Crippen molar-refractivity contribution in [1.82, 2.24) is 0 Å². The number of para-hydroxylation sites is 6. The minimum Gasteiger partial charge on any atom is -0.310 e. The van der Waals surface area contributed by atoms with Crippen LogP contribution in [0.4, 0.5) is 68.2 Å². The molecule has 0 bridgehead atoms. The number of aryl methyl sites for hydroxylation is 2. The average Bonchev–Trinajstić information content (AvgIpc) is 1.50. The summed E-state index contributed by atoms with van der Waals surface area (Å²) in [6.45, 7) is 34.5. The van der Waals surface area contributed by atoms with E-state index in [2.05, 4.69) is 481 Å². The maximum absolute atomic E-state index is 2.63. The van der Waals surface area contributed by atoms with Crippen molar-refractivity contribution >= 4 is 133 Å². The van der Waals surface area contributed by atoms with E-state index in [1.54, 1.807) is 0 Å². The molecule has 0 amide bonds. The first kappa shape index (κ1) is 75.5. The van der Waals surface area contributed by atoms with Gasteiger partial charge in [0.15, 0.2) is 0 Å². The van der Waals surface area contributed by atoms with Gasteiger partial charge in [-0.3, -0.25) is 0 Å². The number of hydrogen-bond acceptors (Lipinski definition) is 4. The van der Waals surface area contributed by atoms with Crippen molar-refractivity contribution in [2.45, 2.75) is 108 Å². The lowest BCUT2D eigenvalue weighted by atomic mass is 9.49. The van der Waals surface area contributed by atoms with E-state index in [1.807, 2.05) is 0 Å². The Morgan fingerprint density at radius 3 is 0.883 bits per heavy atom. The Bertz CT molecular complexity index is 7030. The third-order valence-corrected chi connectivity index (χ3v) is 27.0. The highest BCUT2D eigenvalue weighted by Crippen LogP contribution is 2.72. The summed E-state index contributed by atoms with van der Waals surface area (Å²) in [5.74, 6) is 0. The summed E-state index contributed by atoms with van der Waals surface area (Å²) in [4.78, 5) is 9.96. The maximum Gasteiger partial charge on any atom is 0.0543 e. The molecule has 4 heteroatoms. The van der Waals surface area contributed by atoms with Gasteiger partial charge in [0.2, 0.25) is 0 Å². The fourth-order valence-corrected chi connectivity index (χ4v) is 23.1. The lowest BCUT2D eigenvalue weighted by Crippen LogP contribution is -2.50. The van der Waals surface area contributed by atoms with Crippen LogP contribution in [-0.2, 0) is 10.8 Å². The van der Waals surface area contributed by atoms with Gasteiger partial charge in [-0.05, 0) is 277 Å². The van der Waals surface area contributed by atoms with E-state index in [9.17, 15) is 0 Å². The van der Waals surface area contributed by atoms with Crippen molar-refractivity contribution in [3.8, 4) is 33.4 Å². The van der Waals surface area contributed by atoms with Gasteiger partial charge in [0.25, 0.3) is 0 Å². The standard InChI is InChI=1S/C116H102N4/c1-75-40-27-37-60-101(75)118(86-67-69-96-98(72-86)88-53-30-34-57-92(88)108-106-94-59-36-32-55-90(94)104(74-100(106)116(110(96)108,113(9,10)11)114(12,13)14)120(82-49-25-18-26-50-82)102-61-38-28-41-76(102)2)83-64-62-77(63-65-83)78-42-39-51-84(70-78)119(81-47-23-17-24-48-81)103-73-99-105(93-58-35-31-54-89(93)103)107-91-56-33-29-52-87(91)97-71-85(117(79-43-19-15-20-44-79)80-45-21-16-22-46-80)66-68-95(97)109(107)115(99,111(3,4)5)112(6,7)8/h15-74H,1-14H3. The third kappa shape index (κ3) is 11.4. The van der Waals surface area contributed by atoms with Crippen molar-refractivity contribution in [3.63, 3.8) is 0 Å². The molecule has 18 aromatic carbocycles. The molecule has 0 saturated heterocycles. The number of fused-ring (bicyclic) bond motifs is 20. The predicted molar refractivity (Wildman–Crippen MR) is 515 cm³/mol. The van der Waals surface area contributed by atoms with Gasteiger partial charge in [-0.15, -0.1) is 0 Å². The van der Waals surface area contributed by atoms with Crippen LogP contribution in [0, 0.1) is 35.5 Å². The fourth-order valence-electron chi connectivity index (χ4n) is 23.1. The van der Waals surface area contributed by atoms with E-state index in [4.69, 9.17) is 0 Å². The second-order valence-electron chi connectivity index (χ2n) is 37.6. The highest BCUT2D eigenvalue weighted by atomic mass is 15.2. The highest BCUT2D eigenvalue weighted by molar-refractivity contribution is 6.26. The average molecular weight is 1550 g/mol. The van der Waals surface area contributed by atoms with E-state index < -0.39 is 10.8 Å². The molecule has 0 unspecified atom stereocenters. The molecule has 4 nitrogen and oxygen atoms in total. The molecule has 120 heavy (non-hydrogen) atoms. The molecule has 0 aromatic heterocycles. The molecule has 0 fully saturated rings. The number of rotatable bonds is 13. The summed E-state index contributed by atoms with van der Waals surface area (Å²) in [6, 6.07) is 137. The predicted octanol–water partition coefficient (Wildman–Crippen LogP) is 33.5. The van der Waals surface area contributed by atoms with Gasteiger partial charge in [0, 0.05) is 78.5 Å². The Morgan fingerprint density at radius 2 is 0.475 bits per heavy atom. The minimum atomic E-state index is -0.517. The number of hydrogen-bond donors (Lipinski definition) is 0. The van der Waals surface area contributed by atoms with E-state index in [-0.39, 0.29) is 21.7 Å². The summed E-state index contributed by atoms with van der Waals surface area (Å²) >= 11 is 0. The van der Waals surface area contributed by atoms with Crippen molar-refractivity contribution in [2.75, 3.05) is 19.6 Å². The van der Waals surface area contributed by atoms with Crippen LogP contribution >= 0.6 is 0 Å². The minimum absolute atomic E-state index is 0.280. The number of nitrogens with zero attached hydrogens (tertiary/aromatic N) is 4. The van der Waals surface area contributed by atoms with Crippen molar-refractivity contribution in [1.29, 1.82) is 0 Å². The molecule has 586 valence electrons. The van der Waals surface area contributed by atoms with Gasteiger partial charge in [-0.25, -0.2) is 0 Å². The second kappa shape index (κ2) is 28.2. The van der Waals surface area contributed by atoms with Crippen LogP contribution in [0.25, 0.3) is 98.0 Å². The van der Waals surface area contributed by atoms with Gasteiger partial charge in [-0.1, -0.05) is 326 Å². The number of anilines is 12. The molecular weight excluding hydrogens is 1450 g/mol. The van der Waals surface area contributed by atoms with Crippen LogP contribution in [0.3, 0.4) is 0 Å². The van der Waals surface area contributed by atoms with Crippen LogP contribution in [-0.4, -0.2) is 0 Å². The van der Waals surface area contributed by atoms with Crippen LogP contribution in [0.5, 0.6) is 0 Å². The second-order valence-corrected chi connectivity index (χ2v) is 37.6. The largest absolute Gasteiger partial charge is 0.310 e. The van der Waals surface area contributed by atoms with Crippen molar-refractivity contribution in [2.24, 2.45) is 21.7 Å². The number of benzene rings is 18. The molecule has 0 spiro atoms. The normalized spacial score (nSPS) is 13.6. The quantitative estimate of drug-likeness (QED) is 0.107. The van der Waals surface area contributed by atoms with E-state index >= 15 is 0 Å². The molecule has 0 heterocycles. The summed E-state index contributed by atoms with van der Waals surface area (Å²) in [7, 11) is 0. The fraction of sp³-hybridized carbons (Fsp3) is 0.172. The van der Waals surface area contributed by atoms with E-state index in [0.717, 1.165) is 68.0 Å². The Morgan fingerprint density at radius 1 is 0.183 bits per heavy atom. The van der Waals surface area contributed by atoms with E-state index in [0.29, 0.717) is 0 Å². The Labute approximate surface area is 707 Å². The monoisotopic (exact) mass is 1550 g/mol. The molecule has 0 atom stereocenters. The van der Waals surface area contributed by atoms with Crippen LogP contribution in [0.2, 0.25) is 0 Å². The topological polar surface area (TPSA) is 13.0 Å². The molecule has 20 rings (SSSR count). The van der Waals surface area contributed by atoms with E-state index in [1.165, 1.54) is 132 Å². The first-order chi connectivity index (χ1) is 58.0. The van der Waals surface area contributed by atoms with Gasteiger partial charge in [0.05, 0.1) is 11.4 Å². The highest BCUT2D eigenvalue weighted by Gasteiger charge is 2.61. The summed E-state index contributed by atoms with van der Waals surface area (Å²) < 4.78 is 0. The molecule has 2 aliphatic carbocycles. The Balaban J connectivity index is 0.737. The molecule has 0 aliphatic heterocycles. The summed E-state index contributed by atoms with van der Waals surface area (Å²) in [5, 5.41) is 15.1. The van der Waals surface area contributed by atoms with Gasteiger partial charge < -0.3 is 19.6 Å². The van der Waals surface area contributed by atoms with Gasteiger partial charge >= 0.3 is 0 Å². The zero-order chi connectivity index (χ0) is 82.5. The first-order valence-electron chi connectivity index (χ1n) is 42.8. The summed E-state index contributed by atoms with van der Waals surface area (Å²) in [6.07, 6.45) is 0. The Hall–Kier alpha value is -13.3. The van der Waals surface area contributed by atoms with Crippen molar-refractivity contribution < 1.29 is 0 Å². The smallest absolute Gasteiger partial charge is 0.0543 e. The summed E-state index contributed by atoms with van der Waals surface area (Å²) in [5.41, 5.74) is 26.9. The van der Waals surface area contributed by atoms with Gasteiger partial charge in [-0.2, -0.15) is 0 Å². The zero-order valence-electron chi connectivity index (χ0n) is 71.4. The van der Waals surface area contributed by atoms with Crippen LogP contribution < -0.4 is 19.6 Å². The molecule has 2 aliphatic rings. The first-order valence-corrected chi connectivity index (χ1v) is 42.8. The molecule has 0 saturated carbocycles. The molecule has 0 N–H and O–H groups in total. The zero-order valence-corrected chi connectivity index (χ0v) is 71.4. The SMILES string of the molecule is Cc1ccccc1N(c1ccc(-c2cccc(N(c3ccccc3)c3cc4c(c5ccccc35)-c3c(c5ccc(N(c6ccccc6)c6ccccc6)cc5c5ccccc35)C4(C(C)(C)C)C(C)(C)C)c2)cc1)c1ccc2c3c(c4ccccc4c2c1)-c1c(cc(N(c2ccccc2)c2ccccc2C)c2ccccc12)C3(C(C)(C)C)C(C)(C)C. The lowest BCUT2D eigenvalue weighted by Gasteiger charge is -2.53. The molecule has 0 radical (unpaired) electrons.